The minimum atomic E-state index is 0.187. The molecule has 1 saturated carbocycles. The number of fused-ring (bicyclic) bond motifs is 4. The Morgan fingerprint density at radius 3 is 2.83 bits per heavy atom. The van der Waals surface area contributed by atoms with Gasteiger partial charge in [0.2, 0.25) is 0 Å². The zero-order valence-electron chi connectivity index (χ0n) is 14.2. The lowest BCUT2D eigenvalue weighted by atomic mass is 9.59. The Bertz CT molecular complexity index is 663. The van der Waals surface area contributed by atoms with Crippen LogP contribution in [0.4, 0.5) is 0 Å². The van der Waals surface area contributed by atoms with Crippen LogP contribution in [0.2, 0.25) is 0 Å². The predicted molar refractivity (Wildman–Crippen MR) is 90.8 cm³/mol. The molecule has 2 nitrogen and oxygen atoms in total. The summed E-state index contributed by atoms with van der Waals surface area (Å²) in [6.45, 7) is 4.11. The van der Waals surface area contributed by atoms with E-state index in [2.05, 4.69) is 19.1 Å². The molecule has 4 rings (SSSR count). The summed E-state index contributed by atoms with van der Waals surface area (Å²) in [5, 5.41) is 0. The van der Waals surface area contributed by atoms with Crippen molar-refractivity contribution in [2.45, 2.75) is 58.8 Å². The van der Waals surface area contributed by atoms with Crippen LogP contribution in [-0.2, 0) is 9.59 Å². The van der Waals surface area contributed by atoms with Gasteiger partial charge >= 0.3 is 0 Å². The van der Waals surface area contributed by atoms with Gasteiger partial charge in [-0.2, -0.15) is 0 Å². The highest BCUT2D eigenvalue weighted by Crippen LogP contribution is 2.60. The third-order valence-corrected chi connectivity index (χ3v) is 6.96. The van der Waals surface area contributed by atoms with Crippen molar-refractivity contribution in [1.29, 1.82) is 0 Å². The maximum absolute atomic E-state index is 11.7. The standard InChI is InChI=1S/C21H26O2/c1-13(22)11-15-4-8-20-19-6-3-14-12-16(23)5-7-17(14)18(19)9-10-21(15,20)2/h9-10,12,15,19-20H,3-8,11H2,1-2H3/t15-,19+,20-,21+/m0/s1. The second-order valence-corrected chi connectivity index (χ2v) is 8.20. The monoisotopic (exact) mass is 310 g/mol. The summed E-state index contributed by atoms with van der Waals surface area (Å²) in [5.74, 6) is 2.46. The zero-order chi connectivity index (χ0) is 16.2. The van der Waals surface area contributed by atoms with Gasteiger partial charge in [0.15, 0.2) is 5.78 Å². The van der Waals surface area contributed by atoms with Crippen LogP contribution in [0.5, 0.6) is 0 Å². The summed E-state index contributed by atoms with van der Waals surface area (Å²) in [6, 6.07) is 0. The molecule has 0 bridgehead atoms. The Balaban J connectivity index is 1.73. The number of allylic oxidation sites excluding steroid dienone is 6. The maximum Gasteiger partial charge on any atom is 0.156 e. The van der Waals surface area contributed by atoms with Gasteiger partial charge in [0, 0.05) is 12.8 Å². The molecule has 0 unspecified atom stereocenters. The van der Waals surface area contributed by atoms with Crippen LogP contribution in [0.15, 0.2) is 34.9 Å². The number of hydrogen-bond donors (Lipinski definition) is 0. The van der Waals surface area contributed by atoms with Crippen LogP contribution in [0.25, 0.3) is 0 Å². The molecule has 0 aliphatic heterocycles. The molecule has 0 heterocycles. The summed E-state index contributed by atoms with van der Waals surface area (Å²) in [6.07, 6.45) is 13.7. The van der Waals surface area contributed by atoms with Crippen molar-refractivity contribution in [3.8, 4) is 0 Å². The Morgan fingerprint density at radius 1 is 1.22 bits per heavy atom. The van der Waals surface area contributed by atoms with Gasteiger partial charge in [-0.3, -0.25) is 4.79 Å². The summed E-state index contributed by atoms with van der Waals surface area (Å²) in [5.41, 5.74) is 4.47. The van der Waals surface area contributed by atoms with Gasteiger partial charge in [0.25, 0.3) is 0 Å². The van der Waals surface area contributed by atoms with Crippen molar-refractivity contribution in [2.24, 2.45) is 23.2 Å². The van der Waals surface area contributed by atoms with Crippen molar-refractivity contribution in [1.82, 2.24) is 0 Å². The van der Waals surface area contributed by atoms with Crippen molar-refractivity contribution in [3.05, 3.63) is 34.9 Å². The molecule has 0 spiro atoms. The molecule has 0 aromatic heterocycles. The minimum absolute atomic E-state index is 0.187. The van der Waals surface area contributed by atoms with E-state index in [9.17, 15) is 9.59 Å². The van der Waals surface area contributed by atoms with Crippen molar-refractivity contribution >= 4 is 11.6 Å². The highest BCUT2D eigenvalue weighted by molar-refractivity contribution is 5.93. The van der Waals surface area contributed by atoms with Crippen molar-refractivity contribution < 1.29 is 9.59 Å². The second kappa shape index (κ2) is 5.29. The third-order valence-electron chi connectivity index (χ3n) is 6.96. The largest absolute Gasteiger partial charge is 0.300 e. The number of hydrogen-bond acceptors (Lipinski definition) is 2. The van der Waals surface area contributed by atoms with E-state index in [1.807, 2.05) is 6.08 Å². The van der Waals surface area contributed by atoms with Gasteiger partial charge < -0.3 is 4.79 Å². The van der Waals surface area contributed by atoms with Crippen molar-refractivity contribution in [3.63, 3.8) is 0 Å². The molecule has 122 valence electrons. The number of carbonyl (C=O) groups is 2. The van der Waals surface area contributed by atoms with E-state index in [0.717, 1.165) is 19.3 Å². The van der Waals surface area contributed by atoms with Crippen LogP contribution in [0, 0.1) is 23.2 Å². The highest BCUT2D eigenvalue weighted by atomic mass is 16.1. The van der Waals surface area contributed by atoms with E-state index in [4.69, 9.17) is 0 Å². The molecule has 2 heteroatoms. The first-order chi connectivity index (χ1) is 11.0. The molecule has 23 heavy (non-hydrogen) atoms. The average Bonchev–Trinajstić information content (AvgIpc) is 2.83. The van der Waals surface area contributed by atoms with Crippen LogP contribution in [0.1, 0.15) is 58.8 Å². The van der Waals surface area contributed by atoms with Gasteiger partial charge in [-0.15, -0.1) is 0 Å². The van der Waals surface area contributed by atoms with Gasteiger partial charge in [-0.25, -0.2) is 0 Å². The molecular weight excluding hydrogens is 284 g/mol. The molecule has 0 radical (unpaired) electrons. The minimum Gasteiger partial charge on any atom is -0.300 e. The third kappa shape index (κ3) is 2.29. The lowest BCUT2D eigenvalue weighted by molar-refractivity contribution is -0.118. The summed E-state index contributed by atoms with van der Waals surface area (Å²) in [4.78, 5) is 23.4. The second-order valence-electron chi connectivity index (χ2n) is 8.20. The molecule has 4 aliphatic carbocycles. The van der Waals surface area contributed by atoms with E-state index < -0.39 is 0 Å². The molecule has 0 amide bonds. The number of carbonyl (C=O) groups excluding carboxylic acids is 2. The Hall–Kier alpha value is -1.44. The predicted octanol–water partition coefficient (Wildman–Crippen LogP) is 4.56. The van der Waals surface area contributed by atoms with Crippen LogP contribution in [-0.4, -0.2) is 11.6 Å². The van der Waals surface area contributed by atoms with Crippen LogP contribution >= 0.6 is 0 Å². The van der Waals surface area contributed by atoms with Gasteiger partial charge in [0.1, 0.15) is 5.78 Å². The fraction of sp³-hybridized carbons (Fsp3) is 0.619. The van der Waals surface area contributed by atoms with Crippen molar-refractivity contribution in [2.75, 3.05) is 0 Å². The lowest BCUT2D eigenvalue weighted by Crippen LogP contribution is -2.37. The summed E-state index contributed by atoms with van der Waals surface area (Å²) < 4.78 is 0. The number of ketones is 2. The molecule has 4 aliphatic rings. The number of Topliss-reactive ketones (excluding diaryl/α,β-unsaturated/α-hetero) is 1. The van der Waals surface area contributed by atoms with E-state index in [0.29, 0.717) is 35.7 Å². The Labute approximate surface area is 138 Å². The highest BCUT2D eigenvalue weighted by Gasteiger charge is 2.51. The fourth-order valence-corrected chi connectivity index (χ4v) is 5.79. The maximum atomic E-state index is 11.7. The molecule has 0 N–H and O–H groups in total. The molecule has 0 saturated heterocycles. The van der Waals surface area contributed by atoms with E-state index >= 15 is 0 Å². The zero-order valence-corrected chi connectivity index (χ0v) is 14.2. The first kappa shape index (κ1) is 15.1. The quantitative estimate of drug-likeness (QED) is 0.749. The fourth-order valence-electron chi connectivity index (χ4n) is 5.79. The SMILES string of the molecule is CC(=O)C[C@@H]1CC[C@H]2[C@@H]3CCC4=CC(=O)CCC4=C3C=C[C@]12C. The molecule has 4 atom stereocenters. The topological polar surface area (TPSA) is 34.1 Å². The summed E-state index contributed by atoms with van der Waals surface area (Å²) >= 11 is 0. The van der Waals surface area contributed by atoms with E-state index in [-0.39, 0.29) is 5.41 Å². The molecule has 1 fully saturated rings. The Kier molecular flexibility index (Phi) is 3.48. The van der Waals surface area contributed by atoms with Crippen LogP contribution in [0.3, 0.4) is 0 Å². The lowest BCUT2D eigenvalue weighted by Gasteiger charge is -2.45. The van der Waals surface area contributed by atoms with Gasteiger partial charge in [-0.05, 0) is 85.0 Å². The molecule has 0 aromatic carbocycles. The van der Waals surface area contributed by atoms with Crippen LogP contribution < -0.4 is 0 Å². The smallest absolute Gasteiger partial charge is 0.156 e. The average molecular weight is 310 g/mol. The summed E-state index contributed by atoms with van der Waals surface area (Å²) in [7, 11) is 0. The first-order valence-corrected chi connectivity index (χ1v) is 9.14. The Morgan fingerprint density at radius 2 is 2.04 bits per heavy atom. The van der Waals surface area contributed by atoms with E-state index in [1.54, 1.807) is 6.92 Å². The molecule has 0 aromatic rings. The number of rotatable bonds is 2. The normalized spacial score (nSPS) is 38.8. The first-order valence-electron chi connectivity index (χ1n) is 9.14. The van der Waals surface area contributed by atoms with Gasteiger partial charge in [0.05, 0.1) is 0 Å². The van der Waals surface area contributed by atoms with E-state index in [1.165, 1.54) is 36.0 Å². The molecular formula is C21H26O2. The van der Waals surface area contributed by atoms with Gasteiger partial charge in [-0.1, -0.05) is 19.1 Å².